The highest BCUT2D eigenvalue weighted by atomic mass is 16.6. The molecule has 0 saturated heterocycles. The minimum atomic E-state index is -1.66. The van der Waals surface area contributed by atoms with Gasteiger partial charge in [0.2, 0.25) is 0 Å². The van der Waals surface area contributed by atoms with Crippen molar-refractivity contribution in [3.8, 4) is 0 Å². The van der Waals surface area contributed by atoms with Gasteiger partial charge in [-0.1, -0.05) is 30.3 Å². The number of hydrogen-bond donors (Lipinski definition) is 1. The third-order valence-corrected chi connectivity index (χ3v) is 1.55. The predicted octanol–water partition coefficient (Wildman–Crippen LogP) is 0.431. The summed E-state index contributed by atoms with van der Waals surface area (Å²) in [6.45, 7) is 0. The molecule has 0 saturated carbocycles. The molecule has 1 aromatic carbocycles. The average molecular weight is 180 g/mol. The first kappa shape index (κ1) is 9.34. The zero-order valence-electron chi connectivity index (χ0n) is 6.71. The molecule has 2 N–H and O–H groups in total. The van der Waals surface area contributed by atoms with E-state index < -0.39 is 16.9 Å². The summed E-state index contributed by atoms with van der Waals surface area (Å²) in [5.41, 5.74) is 5.30. The van der Waals surface area contributed by atoms with Crippen molar-refractivity contribution >= 4 is 5.78 Å². The van der Waals surface area contributed by atoms with Crippen LogP contribution in [-0.4, -0.2) is 16.9 Å². The van der Waals surface area contributed by atoms with Crippen molar-refractivity contribution in [3.05, 3.63) is 46.0 Å². The summed E-state index contributed by atoms with van der Waals surface area (Å²) < 4.78 is 0. The molecule has 0 spiro atoms. The number of carbonyl (C=O) groups is 1. The summed E-state index contributed by atoms with van der Waals surface area (Å²) in [5, 5.41) is 10.2. The molecule has 1 aromatic rings. The first-order valence-corrected chi connectivity index (χ1v) is 3.61. The summed E-state index contributed by atoms with van der Waals surface area (Å²) in [4.78, 5) is 20.6. The Morgan fingerprint density at radius 3 is 2.38 bits per heavy atom. The Morgan fingerprint density at radius 2 is 1.92 bits per heavy atom. The molecule has 68 valence electrons. The van der Waals surface area contributed by atoms with Crippen LogP contribution in [-0.2, 0) is 0 Å². The standard InChI is InChI=1S/C8H8N2O3/c9-8(10(12)13)7(11)6-4-2-1-3-5-6/h1-5,8H,9H2/t8-/m0/s1. The van der Waals surface area contributed by atoms with Crippen molar-refractivity contribution in [2.45, 2.75) is 6.17 Å². The first-order chi connectivity index (χ1) is 6.13. The predicted molar refractivity (Wildman–Crippen MR) is 45.7 cm³/mol. The Bertz CT molecular complexity index is 323. The van der Waals surface area contributed by atoms with Crippen LogP contribution in [0.2, 0.25) is 0 Å². The topological polar surface area (TPSA) is 86.2 Å². The summed E-state index contributed by atoms with van der Waals surface area (Å²) in [5.74, 6) is -0.675. The van der Waals surface area contributed by atoms with Crippen LogP contribution in [0.4, 0.5) is 0 Å². The number of nitrogens with zero attached hydrogens (tertiary/aromatic N) is 1. The maximum atomic E-state index is 11.2. The Labute approximate surface area is 74.3 Å². The molecule has 5 nitrogen and oxygen atoms in total. The van der Waals surface area contributed by atoms with Crippen LogP contribution in [0.15, 0.2) is 30.3 Å². The molecule has 0 aromatic heterocycles. The smallest absolute Gasteiger partial charge is 0.285 e. The summed E-state index contributed by atoms with van der Waals surface area (Å²) >= 11 is 0. The lowest BCUT2D eigenvalue weighted by atomic mass is 10.1. The highest BCUT2D eigenvalue weighted by molar-refractivity contribution is 5.98. The number of carbonyl (C=O) groups excluding carboxylic acids is 1. The number of ketones is 1. The van der Waals surface area contributed by atoms with Crippen LogP contribution in [0.5, 0.6) is 0 Å². The van der Waals surface area contributed by atoms with Crippen molar-refractivity contribution in [3.63, 3.8) is 0 Å². The fraction of sp³-hybridized carbons (Fsp3) is 0.125. The highest BCUT2D eigenvalue weighted by Gasteiger charge is 2.24. The van der Waals surface area contributed by atoms with Gasteiger partial charge in [-0.05, 0) is 0 Å². The molecule has 1 rings (SSSR count). The largest absolute Gasteiger partial charge is 0.326 e. The molecular formula is C8H8N2O3. The zero-order valence-corrected chi connectivity index (χ0v) is 6.71. The van der Waals surface area contributed by atoms with Gasteiger partial charge in [0, 0.05) is 10.5 Å². The van der Waals surface area contributed by atoms with Gasteiger partial charge in [0.05, 0.1) is 0 Å². The quantitative estimate of drug-likeness (QED) is 0.316. The molecule has 0 heterocycles. The van der Waals surface area contributed by atoms with Gasteiger partial charge in [0.1, 0.15) is 0 Å². The monoisotopic (exact) mass is 180 g/mol. The van der Waals surface area contributed by atoms with E-state index in [0.717, 1.165) is 0 Å². The van der Waals surface area contributed by atoms with E-state index in [2.05, 4.69) is 0 Å². The van der Waals surface area contributed by atoms with Crippen molar-refractivity contribution < 1.29 is 9.72 Å². The van der Waals surface area contributed by atoms with Gasteiger partial charge < -0.3 is 0 Å². The van der Waals surface area contributed by atoms with E-state index in [1.165, 1.54) is 12.1 Å². The maximum Gasteiger partial charge on any atom is 0.326 e. The second-order valence-corrected chi connectivity index (χ2v) is 2.46. The second kappa shape index (κ2) is 3.77. The average Bonchev–Trinajstić information content (AvgIpc) is 2.17. The third kappa shape index (κ3) is 2.09. The Morgan fingerprint density at radius 1 is 1.38 bits per heavy atom. The number of nitrogens with two attached hydrogens (primary N) is 1. The van der Waals surface area contributed by atoms with Gasteiger partial charge in [-0.3, -0.25) is 20.6 Å². The molecule has 0 amide bonds. The fourth-order valence-electron chi connectivity index (χ4n) is 0.869. The number of nitro groups is 1. The Balaban J connectivity index is 2.86. The van der Waals surface area contributed by atoms with E-state index in [1.807, 2.05) is 0 Å². The van der Waals surface area contributed by atoms with E-state index in [9.17, 15) is 14.9 Å². The van der Waals surface area contributed by atoms with Crippen LogP contribution >= 0.6 is 0 Å². The third-order valence-electron chi connectivity index (χ3n) is 1.55. The molecule has 13 heavy (non-hydrogen) atoms. The molecule has 0 aliphatic rings. The number of rotatable bonds is 3. The van der Waals surface area contributed by atoms with Crippen LogP contribution in [0.25, 0.3) is 0 Å². The molecule has 0 fully saturated rings. The molecule has 0 unspecified atom stereocenters. The number of hydrogen-bond acceptors (Lipinski definition) is 4. The Hall–Kier alpha value is -1.75. The maximum absolute atomic E-state index is 11.2. The van der Waals surface area contributed by atoms with Gasteiger partial charge in [-0.15, -0.1) is 0 Å². The Kier molecular flexibility index (Phi) is 2.71. The molecule has 5 heteroatoms. The van der Waals surface area contributed by atoms with Gasteiger partial charge >= 0.3 is 6.17 Å². The van der Waals surface area contributed by atoms with Gasteiger partial charge in [0.25, 0.3) is 5.78 Å². The van der Waals surface area contributed by atoms with Crippen LogP contribution in [0.3, 0.4) is 0 Å². The highest BCUT2D eigenvalue weighted by Crippen LogP contribution is 2.02. The number of benzene rings is 1. The van der Waals surface area contributed by atoms with E-state index >= 15 is 0 Å². The summed E-state index contributed by atoms with van der Waals surface area (Å²) in [6.07, 6.45) is -1.66. The van der Waals surface area contributed by atoms with Gasteiger partial charge in [0.15, 0.2) is 0 Å². The van der Waals surface area contributed by atoms with Crippen LogP contribution in [0, 0.1) is 10.1 Å². The second-order valence-electron chi connectivity index (χ2n) is 2.46. The van der Waals surface area contributed by atoms with Crippen molar-refractivity contribution in [1.82, 2.24) is 0 Å². The molecule has 0 radical (unpaired) electrons. The first-order valence-electron chi connectivity index (χ1n) is 3.61. The lowest BCUT2D eigenvalue weighted by molar-refractivity contribution is -0.503. The fourth-order valence-corrected chi connectivity index (χ4v) is 0.869. The molecule has 0 aliphatic heterocycles. The van der Waals surface area contributed by atoms with Gasteiger partial charge in [-0.25, -0.2) is 0 Å². The minimum absolute atomic E-state index is 0.256. The minimum Gasteiger partial charge on any atom is -0.285 e. The van der Waals surface area contributed by atoms with Gasteiger partial charge in [-0.2, -0.15) is 0 Å². The van der Waals surface area contributed by atoms with Crippen molar-refractivity contribution in [2.24, 2.45) is 5.73 Å². The van der Waals surface area contributed by atoms with E-state index in [4.69, 9.17) is 5.73 Å². The molecule has 0 bridgehead atoms. The van der Waals surface area contributed by atoms with E-state index in [1.54, 1.807) is 18.2 Å². The van der Waals surface area contributed by atoms with E-state index in [0.29, 0.717) is 0 Å². The lowest BCUT2D eigenvalue weighted by Crippen LogP contribution is -2.38. The number of Topliss-reactive ketones (excluding diaryl/α,β-unsaturated/α-hetero) is 1. The van der Waals surface area contributed by atoms with Crippen LogP contribution < -0.4 is 5.73 Å². The molecular weight excluding hydrogens is 172 g/mol. The van der Waals surface area contributed by atoms with Crippen molar-refractivity contribution in [1.29, 1.82) is 0 Å². The zero-order chi connectivity index (χ0) is 9.84. The normalized spacial score (nSPS) is 12.1. The lowest BCUT2D eigenvalue weighted by Gasteiger charge is -2.01. The van der Waals surface area contributed by atoms with Crippen LogP contribution in [0.1, 0.15) is 10.4 Å². The molecule has 0 aliphatic carbocycles. The van der Waals surface area contributed by atoms with E-state index in [-0.39, 0.29) is 5.56 Å². The van der Waals surface area contributed by atoms with Crippen molar-refractivity contribution in [2.75, 3.05) is 0 Å². The molecule has 1 atom stereocenters. The summed E-state index contributed by atoms with van der Waals surface area (Å²) in [7, 11) is 0. The summed E-state index contributed by atoms with van der Waals surface area (Å²) in [6, 6.07) is 7.95. The SMILES string of the molecule is N[C@H](C(=O)c1ccccc1)[N+](=O)[O-].